The molecule has 2 aliphatic rings. The molecule has 10 heteroatoms. The number of para-hydroxylation sites is 1. The highest BCUT2D eigenvalue weighted by Gasteiger charge is 2.33. The van der Waals surface area contributed by atoms with Gasteiger partial charge in [-0.05, 0) is 69.2 Å². The molecule has 1 aromatic heterocycles. The summed E-state index contributed by atoms with van der Waals surface area (Å²) in [5.41, 5.74) is 2.64. The molecule has 40 heavy (non-hydrogen) atoms. The van der Waals surface area contributed by atoms with Crippen LogP contribution in [0.2, 0.25) is 5.15 Å². The molecule has 218 valence electrons. The van der Waals surface area contributed by atoms with E-state index in [2.05, 4.69) is 48.2 Å². The summed E-state index contributed by atoms with van der Waals surface area (Å²) < 4.78 is 11.1. The van der Waals surface area contributed by atoms with Crippen molar-refractivity contribution in [2.45, 2.75) is 72.9 Å². The van der Waals surface area contributed by atoms with Gasteiger partial charge in [0.1, 0.15) is 5.15 Å². The summed E-state index contributed by atoms with van der Waals surface area (Å²) in [5.74, 6) is 1.11. The number of rotatable bonds is 8. The first kappa shape index (κ1) is 29.9. The Morgan fingerprint density at radius 2 is 1.93 bits per heavy atom. The third-order valence-electron chi connectivity index (χ3n) is 7.55. The van der Waals surface area contributed by atoms with Crippen molar-refractivity contribution in [2.75, 3.05) is 38.3 Å². The molecule has 1 atom stereocenters. The first-order valence-corrected chi connectivity index (χ1v) is 14.4. The fraction of sp³-hybridized carbons (Fsp3) is 0.567. The molecular formula is C30H42ClN5O4. The van der Waals surface area contributed by atoms with Crippen LogP contribution < -0.4 is 20.1 Å². The third kappa shape index (κ3) is 7.37. The van der Waals surface area contributed by atoms with Crippen molar-refractivity contribution < 1.29 is 19.1 Å². The average molecular weight is 572 g/mol. The van der Waals surface area contributed by atoms with Crippen LogP contribution in [0.4, 0.5) is 10.5 Å². The Labute approximate surface area is 242 Å². The SMILES string of the molecule is Cc1cc(Cl)nc(C)c1C(=O)NCCC(C)N1CCC(N(CC(C)(C)C)C(=O)Nc2cccc3c2OCO3)CC1. The molecule has 1 unspecified atom stereocenters. The Bertz CT molecular complexity index is 1200. The number of benzene rings is 1. The number of ether oxygens (including phenoxy) is 2. The smallest absolute Gasteiger partial charge is 0.322 e. The quantitative estimate of drug-likeness (QED) is 0.398. The number of piperidine rings is 1. The average Bonchev–Trinajstić information content (AvgIpc) is 3.36. The van der Waals surface area contributed by atoms with Gasteiger partial charge in [-0.25, -0.2) is 9.78 Å². The van der Waals surface area contributed by atoms with Crippen LogP contribution in [0.1, 0.15) is 68.6 Å². The van der Waals surface area contributed by atoms with Crippen molar-refractivity contribution in [1.29, 1.82) is 0 Å². The first-order chi connectivity index (χ1) is 18.9. The van der Waals surface area contributed by atoms with Crippen molar-refractivity contribution in [3.8, 4) is 11.5 Å². The lowest BCUT2D eigenvalue weighted by Crippen LogP contribution is -2.52. The summed E-state index contributed by atoms with van der Waals surface area (Å²) in [6, 6.07) is 7.58. The number of carbonyl (C=O) groups is 2. The summed E-state index contributed by atoms with van der Waals surface area (Å²) in [5, 5.41) is 6.52. The number of likely N-dealkylation sites (tertiary alicyclic amines) is 1. The number of hydrogen-bond acceptors (Lipinski definition) is 6. The molecule has 1 fully saturated rings. The van der Waals surface area contributed by atoms with Crippen LogP contribution in [-0.4, -0.2) is 71.8 Å². The number of fused-ring (bicyclic) bond motifs is 1. The molecular weight excluding hydrogens is 530 g/mol. The van der Waals surface area contributed by atoms with E-state index >= 15 is 0 Å². The van der Waals surface area contributed by atoms with Gasteiger partial charge < -0.3 is 29.9 Å². The lowest BCUT2D eigenvalue weighted by atomic mass is 9.93. The second-order valence-electron chi connectivity index (χ2n) is 12.0. The van der Waals surface area contributed by atoms with Gasteiger partial charge in [0.05, 0.1) is 16.9 Å². The number of anilines is 1. The van der Waals surface area contributed by atoms with Crippen molar-refractivity contribution >= 4 is 29.2 Å². The van der Waals surface area contributed by atoms with Crippen LogP contribution in [0.3, 0.4) is 0 Å². The van der Waals surface area contributed by atoms with Crippen molar-refractivity contribution in [3.63, 3.8) is 0 Å². The summed E-state index contributed by atoms with van der Waals surface area (Å²) in [6.07, 6.45) is 2.62. The van der Waals surface area contributed by atoms with Gasteiger partial charge in [0.15, 0.2) is 11.5 Å². The largest absolute Gasteiger partial charge is 0.454 e. The lowest BCUT2D eigenvalue weighted by molar-refractivity contribution is 0.0851. The van der Waals surface area contributed by atoms with E-state index in [-0.39, 0.29) is 30.2 Å². The number of urea groups is 1. The van der Waals surface area contributed by atoms with Crippen molar-refractivity contribution in [2.24, 2.45) is 5.41 Å². The monoisotopic (exact) mass is 571 g/mol. The lowest BCUT2D eigenvalue weighted by Gasteiger charge is -2.42. The van der Waals surface area contributed by atoms with Crippen LogP contribution in [-0.2, 0) is 0 Å². The van der Waals surface area contributed by atoms with Gasteiger partial charge in [0, 0.05) is 38.3 Å². The number of hydrogen-bond donors (Lipinski definition) is 2. The second kappa shape index (κ2) is 12.6. The Hall–Kier alpha value is -3.04. The van der Waals surface area contributed by atoms with E-state index in [4.69, 9.17) is 21.1 Å². The van der Waals surface area contributed by atoms with Gasteiger partial charge in [-0.15, -0.1) is 0 Å². The number of aryl methyl sites for hydroxylation is 2. The van der Waals surface area contributed by atoms with Gasteiger partial charge in [-0.1, -0.05) is 38.4 Å². The van der Waals surface area contributed by atoms with E-state index in [1.165, 1.54) is 0 Å². The molecule has 0 spiro atoms. The topological polar surface area (TPSA) is 96.0 Å². The minimum Gasteiger partial charge on any atom is -0.454 e. The summed E-state index contributed by atoms with van der Waals surface area (Å²) in [4.78, 5) is 35.0. The van der Waals surface area contributed by atoms with E-state index in [1.807, 2.05) is 30.0 Å². The summed E-state index contributed by atoms with van der Waals surface area (Å²) in [7, 11) is 0. The fourth-order valence-electron chi connectivity index (χ4n) is 5.53. The molecule has 4 rings (SSSR count). The van der Waals surface area contributed by atoms with Crippen molar-refractivity contribution in [1.82, 2.24) is 20.1 Å². The van der Waals surface area contributed by atoms with E-state index in [1.54, 1.807) is 13.0 Å². The fourth-order valence-corrected chi connectivity index (χ4v) is 5.82. The van der Waals surface area contributed by atoms with Crippen molar-refractivity contribution in [3.05, 3.63) is 46.2 Å². The van der Waals surface area contributed by atoms with Crippen LogP contribution >= 0.6 is 11.6 Å². The molecule has 2 aromatic rings. The number of carbonyl (C=O) groups excluding carboxylic acids is 2. The molecule has 0 aliphatic carbocycles. The number of halogens is 1. The second-order valence-corrected chi connectivity index (χ2v) is 12.4. The Balaban J connectivity index is 1.31. The van der Waals surface area contributed by atoms with E-state index in [9.17, 15) is 9.59 Å². The molecule has 0 radical (unpaired) electrons. The predicted octanol–water partition coefficient (Wildman–Crippen LogP) is 5.63. The highest BCUT2D eigenvalue weighted by molar-refractivity contribution is 6.29. The van der Waals surface area contributed by atoms with Crippen LogP contribution in [0, 0.1) is 19.3 Å². The van der Waals surface area contributed by atoms with E-state index < -0.39 is 0 Å². The number of nitrogens with zero attached hydrogens (tertiary/aromatic N) is 3. The Morgan fingerprint density at radius 3 is 2.60 bits per heavy atom. The van der Waals surface area contributed by atoms with Gasteiger partial charge in [-0.2, -0.15) is 0 Å². The van der Waals surface area contributed by atoms with E-state index in [0.717, 1.165) is 37.9 Å². The maximum atomic E-state index is 13.5. The molecule has 0 saturated carbocycles. The molecule has 2 N–H and O–H groups in total. The van der Waals surface area contributed by atoms with Gasteiger partial charge in [-0.3, -0.25) is 4.79 Å². The molecule has 1 saturated heterocycles. The third-order valence-corrected chi connectivity index (χ3v) is 7.74. The molecule has 9 nitrogen and oxygen atoms in total. The van der Waals surface area contributed by atoms with Gasteiger partial charge >= 0.3 is 6.03 Å². The number of aromatic nitrogens is 1. The van der Waals surface area contributed by atoms with E-state index in [0.29, 0.717) is 52.7 Å². The van der Waals surface area contributed by atoms with Gasteiger partial charge in [0.25, 0.3) is 5.91 Å². The highest BCUT2D eigenvalue weighted by Crippen LogP contribution is 2.39. The maximum Gasteiger partial charge on any atom is 0.322 e. The molecule has 2 aliphatic heterocycles. The van der Waals surface area contributed by atoms with Crippen LogP contribution in [0.25, 0.3) is 0 Å². The normalized spacial score (nSPS) is 16.5. The number of nitrogens with one attached hydrogen (secondary N) is 2. The molecule has 3 heterocycles. The van der Waals surface area contributed by atoms with Crippen LogP contribution in [0.15, 0.2) is 24.3 Å². The number of pyridine rings is 1. The number of amides is 3. The molecule has 1 aromatic carbocycles. The first-order valence-electron chi connectivity index (χ1n) is 14.0. The predicted molar refractivity (Wildman–Crippen MR) is 157 cm³/mol. The molecule has 3 amide bonds. The Morgan fingerprint density at radius 1 is 1.20 bits per heavy atom. The minimum atomic E-state index is -0.116. The highest BCUT2D eigenvalue weighted by atomic mass is 35.5. The maximum absolute atomic E-state index is 13.5. The van der Waals surface area contributed by atoms with Gasteiger partial charge in [0.2, 0.25) is 6.79 Å². The zero-order chi connectivity index (χ0) is 29.0. The Kier molecular flexibility index (Phi) is 9.46. The minimum absolute atomic E-state index is 0.0471. The molecule has 0 bridgehead atoms. The summed E-state index contributed by atoms with van der Waals surface area (Å²) in [6.45, 7) is 15.5. The standard InChI is InChI=1S/C30H42ClN5O4/c1-19-16-25(31)33-21(3)26(19)28(37)32-13-10-20(2)35-14-11-22(12-15-35)36(17-30(4,5)6)29(38)34-23-8-7-9-24-27(23)40-18-39-24/h7-9,16,20,22H,10-15,17-18H2,1-6H3,(H,32,37)(H,34,38). The van der Waals surface area contributed by atoms with Crippen LogP contribution in [0.5, 0.6) is 11.5 Å². The zero-order valence-corrected chi connectivity index (χ0v) is 25.2. The summed E-state index contributed by atoms with van der Waals surface area (Å²) >= 11 is 6.01. The zero-order valence-electron chi connectivity index (χ0n) is 24.5.